The maximum absolute atomic E-state index is 11.4. The van der Waals surface area contributed by atoms with Gasteiger partial charge in [0.2, 0.25) is 0 Å². The van der Waals surface area contributed by atoms with Gasteiger partial charge in [-0.25, -0.2) is 8.88 Å². The van der Waals surface area contributed by atoms with Gasteiger partial charge in [-0.05, 0) is 0 Å². The van der Waals surface area contributed by atoms with Crippen LogP contribution in [0.15, 0.2) is 0 Å². The Kier molecular flexibility index (Phi) is 4.61. The monoisotopic (exact) mass is 266 g/mol. The molecule has 0 aliphatic carbocycles. The van der Waals surface area contributed by atoms with Crippen molar-refractivity contribution in [2.24, 2.45) is 0 Å². The van der Waals surface area contributed by atoms with Crippen molar-refractivity contribution in [2.45, 2.75) is 25.5 Å². The predicted octanol–water partition coefficient (Wildman–Crippen LogP) is 2.67. The first-order valence-electron chi connectivity index (χ1n) is 3.22. The first-order chi connectivity index (χ1) is 5.41. The Bertz CT molecular complexity index is 266. The summed E-state index contributed by atoms with van der Waals surface area (Å²) in [7, 11) is -4.73. The van der Waals surface area contributed by atoms with Crippen LogP contribution in [0.2, 0.25) is 0 Å². The lowest BCUT2D eigenvalue weighted by molar-refractivity contribution is 0.290. The van der Waals surface area contributed by atoms with Gasteiger partial charge in [0.15, 0.2) is 0 Å². The van der Waals surface area contributed by atoms with Gasteiger partial charge in [-0.2, -0.15) is 0 Å². The van der Waals surface area contributed by atoms with Gasteiger partial charge >= 0.3 is 13.6 Å². The van der Waals surface area contributed by atoms with Crippen LogP contribution in [0, 0.1) is 0 Å². The highest BCUT2D eigenvalue weighted by Crippen LogP contribution is 2.73. The van der Waals surface area contributed by atoms with Crippen molar-refractivity contribution in [2.75, 3.05) is 0 Å². The molecule has 0 aromatic heterocycles. The Balaban J connectivity index is 4.44. The molecule has 0 aliphatic heterocycles. The summed E-state index contributed by atoms with van der Waals surface area (Å²) in [5, 5.41) is 0. The molecule has 13 heavy (non-hydrogen) atoms. The lowest BCUT2D eigenvalue weighted by atomic mass is 10.3. The van der Waals surface area contributed by atoms with E-state index >= 15 is 0 Å². The van der Waals surface area contributed by atoms with E-state index in [-0.39, 0.29) is 0 Å². The molecule has 0 amide bonds. The second-order valence-electron chi connectivity index (χ2n) is 3.24. The Morgan fingerprint density at radius 3 is 1.92 bits per heavy atom. The largest absolute Gasteiger partial charge is 0.476 e. The molecule has 1 atom stereocenters. The number of thiol groups is 1. The van der Waals surface area contributed by atoms with Gasteiger partial charge in [0.1, 0.15) is 0 Å². The van der Waals surface area contributed by atoms with Crippen molar-refractivity contribution in [3.8, 4) is 0 Å². The molecule has 0 aromatic rings. The fraction of sp³-hybridized carbons (Fsp3) is 1.00. The molecule has 0 rings (SSSR count). The van der Waals surface area contributed by atoms with E-state index in [4.69, 9.17) is 9.79 Å². The molecule has 0 fully saturated rings. The third-order valence-electron chi connectivity index (χ3n) is 0.599. The topological polar surface area (TPSA) is 83.8 Å². The third kappa shape index (κ3) is 9.35. The third-order valence-corrected chi connectivity index (χ3v) is 7.38. The summed E-state index contributed by atoms with van der Waals surface area (Å²) >= 11 is 4.37. The lowest BCUT2D eigenvalue weighted by Crippen LogP contribution is -2.05. The second-order valence-corrected chi connectivity index (χ2v) is 11.6. The van der Waals surface area contributed by atoms with Crippen LogP contribution < -0.4 is 0 Å². The molecule has 80 valence electrons. The summed E-state index contributed by atoms with van der Waals surface area (Å²) < 4.78 is 25.3. The van der Waals surface area contributed by atoms with Crippen LogP contribution in [0.5, 0.6) is 0 Å². The number of phosphoric acid groups is 1. The number of rotatable bonds is 3. The van der Waals surface area contributed by atoms with E-state index in [1.54, 1.807) is 20.8 Å². The van der Waals surface area contributed by atoms with E-state index in [0.717, 1.165) is 11.4 Å². The van der Waals surface area contributed by atoms with Gasteiger partial charge in [0.05, 0.1) is 0 Å². The van der Waals surface area contributed by atoms with Crippen LogP contribution in [0.4, 0.5) is 0 Å². The van der Waals surface area contributed by atoms with Crippen LogP contribution in [-0.4, -0.2) is 14.5 Å². The van der Waals surface area contributed by atoms with Crippen molar-refractivity contribution < 1.29 is 23.2 Å². The van der Waals surface area contributed by atoms with Gasteiger partial charge in [0, 0.05) is 4.75 Å². The molecule has 0 saturated heterocycles. The predicted molar refractivity (Wildman–Crippen MR) is 57.1 cm³/mol. The van der Waals surface area contributed by atoms with E-state index in [2.05, 4.69) is 16.6 Å². The number of hydrogen-bond acceptors (Lipinski definition) is 4. The summed E-state index contributed by atoms with van der Waals surface area (Å²) in [4.78, 5) is 16.8. The Hall–Kier alpha value is 1.04. The molecule has 5 nitrogen and oxygen atoms in total. The molecule has 0 radical (unpaired) electrons. The zero-order valence-corrected chi connectivity index (χ0v) is 10.9. The summed E-state index contributed by atoms with van der Waals surface area (Å²) in [6, 6.07) is 0. The van der Waals surface area contributed by atoms with Gasteiger partial charge in [-0.15, -0.1) is 0 Å². The quantitative estimate of drug-likeness (QED) is 0.538. The molecule has 9 heteroatoms. The average Bonchev–Trinajstić information content (AvgIpc) is 1.43. The van der Waals surface area contributed by atoms with Crippen LogP contribution >= 0.6 is 37.2 Å². The standard InChI is InChI=1S/C4H12O5P2S2/c1-4(2,3)13-11(8,12)9-10(5,6)7/h1-3H3,(H,8,12)(H2,5,6,7). The van der Waals surface area contributed by atoms with Crippen molar-refractivity contribution in [1.82, 2.24) is 0 Å². The molecule has 0 aromatic carbocycles. The molecule has 0 spiro atoms. The molecular formula is C4H12O5P2S2. The summed E-state index contributed by atoms with van der Waals surface area (Å²) in [5.41, 5.74) is 0. The molecule has 2 N–H and O–H groups in total. The Labute approximate surface area is 86.2 Å². The van der Waals surface area contributed by atoms with E-state index < -0.39 is 18.3 Å². The van der Waals surface area contributed by atoms with Crippen molar-refractivity contribution >= 4 is 37.2 Å². The highest BCUT2D eigenvalue weighted by Gasteiger charge is 2.34. The lowest BCUT2D eigenvalue weighted by Gasteiger charge is -2.21. The van der Waals surface area contributed by atoms with Gasteiger partial charge in [0.25, 0.3) is 0 Å². The minimum Gasteiger partial charge on any atom is -0.302 e. The maximum atomic E-state index is 11.4. The minimum atomic E-state index is -4.73. The Morgan fingerprint density at radius 1 is 1.31 bits per heavy atom. The zero-order chi connectivity index (χ0) is 10.9. The fourth-order valence-corrected chi connectivity index (χ4v) is 8.62. The fourth-order valence-electron chi connectivity index (χ4n) is 0.497. The molecule has 0 aliphatic rings. The van der Waals surface area contributed by atoms with Crippen molar-refractivity contribution in [3.63, 3.8) is 0 Å². The first kappa shape index (κ1) is 14.0. The van der Waals surface area contributed by atoms with Crippen molar-refractivity contribution in [3.05, 3.63) is 0 Å². The van der Waals surface area contributed by atoms with Crippen LogP contribution in [-0.2, 0) is 13.4 Å². The van der Waals surface area contributed by atoms with E-state index in [1.807, 2.05) is 0 Å². The normalized spacial score (nSPS) is 18.3. The first-order valence-corrected chi connectivity index (χ1v) is 8.95. The molecular weight excluding hydrogens is 254 g/mol. The minimum absolute atomic E-state index is 0.438. The smallest absolute Gasteiger partial charge is 0.302 e. The van der Waals surface area contributed by atoms with E-state index in [9.17, 15) is 9.13 Å². The molecule has 0 heterocycles. The van der Waals surface area contributed by atoms with Gasteiger partial charge in [-0.3, -0.25) is 4.57 Å². The second kappa shape index (κ2) is 4.27. The molecule has 1 unspecified atom stereocenters. The Morgan fingerprint density at radius 2 is 1.69 bits per heavy atom. The maximum Gasteiger partial charge on any atom is 0.476 e. The van der Waals surface area contributed by atoms with E-state index in [0.29, 0.717) is 0 Å². The van der Waals surface area contributed by atoms with Gasteiger partial charge < -0.3 is 9.79 Å². The number of hydrogen-bond donors (Lipinski definition) is 3. The van der Waals surface area contributed by atoms with Crippen LogP contribution in [0.3, 0.4) is 0 Å². The summed E-state index contributed by atoms with van der Waals surface area (Å²) in [6.45, 7) is 5.22. The molecule has 0 saturated carbocycles. The van der Waals surface area contributed by atoms with Crippen molar-refractivity contribution in [1.29, 1.82) is 0 Å². The van der Waals surface area contributed by atoms with Crippen LogP contribution in [0.25, 0.3) is 0 Å². The summed E-state index contributed by atoms with van der Waals surface area (Å²) in [5.74, 6) is -3.59. The highest BCUT2D eigenvalue weighted by molar-refractivity contribution is 8.85. The van der Waals surface area contributed by atoms with Crippen LogP contribution in [0.1, 0.15) is 20.8 Å². The zero-order valence-electron chi connectivity index (χ0n) is 7.37. The summed E-state index contributed by atoms with van der Waals surface area (Å²) in [6.07, 6.45) is 0. The van der Waals surface area contributed by atoms with E-state index in [1.165, 1.54) is 0 Å². The SMILES string of the molecule is CC(C)(C)SP(=O)(S)OP(=O)(O)O. The highest BCUT2D eigenvalue weighted by atomic mass is 33.1. The average molecular weight is 266 g/mol. The molecule has 0 bridgehead atoms. The van der Waals surface area contributed by atoms with Gasteiger partial charge in [-0.1, -0.05) is 44.4 Å².